The molecule has 0 aliphatic carbocycles. The summed E-state index contributed by atoms with van der Waals surface area (Å²) in [5.74, 6) is 0.522. The Hall–Kier alpha value is -3.32. The third-order valence-corrected chi connectivity index (χ3v) is 6.71. The molecule has 0 aromatic heterocycles. The van der Waals surface area contributed by atoms with Gasteiger partial charge in [0.25, 0.3) is 15.9 Å². The van der Waals surface area contributed by atoms with Crippen LogP contribution in [0, 0.1) is 13.8 Å². The van der Waals surface area contributed by atoms with Crippen LogP contribution in [0.2, 0.25) is 0 Å². The zero-order chi connectivity index (χ0) is 23.3. The lowest BCUT2D eigenvalue weighted by Crippen LogP contribution is -2.28. The summed E-state index contributed by atoms with van der Waals surface area (Å²) in [6.07, 6.45) is 0.705. The molecule has 0 aliphatic heterocycles. The van der Waals surface area contributed by atoms with Crippen molar-refractivity contribution in [1.82, 2.24) is 5.32 Å². The van der Waals surface area contributed by atoms with E-state index in [-0.39, 0.29) is 16.8 Å². The number of carbonyl (C=O) groups is 1. The molecule has 1 atom stereocenters. The summed E-state index contributed by atoms with van der Waals surface area (Å²) in [5.41, 5.74) is 3.45. The number of benzene rings is 3. The summed E-state index contributed by atoms with van der Waals surface area (Å²) in [7, 11) is -2.13. The second kappa shape index (κ2) is 9.87. The highest BCUT2D eigenvalue weighted by Crippen LogP contribution is 2.26. The van der Waals surface area contributed by atoms with E-state index in [2.05, 4.69) is 10.0 Å². The first-order chi connectivity index (χ1) is 15.2. The highest BCUT2D eigenvalue weighted by atomic mass is 32.2. The SMILES string of the molecule is CCC(NC(=O)c1ccc(C)c(NS(=O)(=O)c2ccccc2)c1)c1ccc(OC)c(C)c1. The Balaban J connectivity index is 1.82. The van der Waals surface area contributed by atoms with E-state index in [9.17, 15) is 13.2 Å². The van der Waals surface area contributed by atoms with Gasteiger partial charge in [-0.1, -0.05) is 43.3 Å². The van der Waals surface area contributed by atoms with Crippen molar-refractivity contribution < 1.29 is 17.9 Å². The Morgan fingerprint density at radius 2 is 1.69 bits per heavy atom. The van der Waals surface area contributed by atoms with Gasteiger partial charge in [0.1, 0.15) is 5.75 Å². The zero-order valence-electron chi connectivity index (χ0n) is 18.7. The quantitative estimate of drug-likeness (QED) is 0.504. The van der Waals surface area contributed by atoms with Crippen LogP contribution in [-0.4, -0.2) is 21.4 Å². The molecule has 3 rings (SSSR count). The van der Waals surface area contributed by atoms with Gasteiger partial charge in [0.2, 0.25) is 0 Å². The van der Waals surface area contributed by atoms with Gasteiger partial charge in [0, 0.05) is 5.56 Å². The number of hydrogen-bond acceptors (Lipinski definition) is 4. The summed E-state index contributed by atoms with van der Waals surface area (Å²) in [4.78, 5) is 13.1. The predicted molar refractivity (Wildman–Crippen MR) is 127 cm³/mol. The summed E-state index contributed by atoms with van der Waals surface area (Å²) < 4.78 is 33.3. The second-order valence-electron chi connectivity index (χ2n) is 7.61. The van der Waals surface area contributed by atoms with E-state index in [0.717, 1.165) is 22.4 Å². The lowest BCUT2D eigenvalue weighted by molar-refractivity contribution is 0.0935. The monoisotopic (exact) mass is 452 g/mol. The standard InChI is InChI=1S/C25H28N2O4S/c1-5-22(19-13-14-24(31-4)18(3)15-19)26-25(28)20-12-11-17(2)23(16-20)27-32(29,30)21-9-7-6-8-10-21/h6-16,22,27H,5H2,1-4H3,(H,26,28). The van der Waals surface area contributed by atoms with Crippen molar-refractivity contribution in [3.63, 3.8) is 0 Å². The van der Waals surface area contributed by atoms with Gasteiger partial charge in [0.15, 0.2) is 0 Å². The van der Waals surface area contributed by atoms with Crippen molar-refractivity contribution in [3.05, 3.63) is 89.0 Å². The van der Waals surface area contributed by atoms with Crippen molar-refractivity contribution in [2.24, 2.45) is 0 Å². The molecule has 6 nitrogen and oxygen atoms in total. The first-order valence-electron chi connectivity index (χ1n) is 10.4. The molecule has 0 saturated heterocycles. The number of nitrogens with one attached hydrogen (secondary N) is 2. The van der Waals surface area contributed by atoms with E-state index < -0.39 is 10.0 Å². The molecule has 1 amide bonds. The van der Waals surface area contributed by atoms with E-state index >= 15 is 0 Å². The molecule has 2 N–H and O–H groups in total. The second-order valence-corrected chi connectivity index (χ2v) is 9.29. The van der Waals surface area contributed by atoms with Crippen LogP contribution in [0.5, 0.6) is 5.75 Å². The van der Waals surface area contributed by atoms with Gasteiger partial charge >= 0.3 is 0 Å². The number of hydrogen-bond donors (Lipinski definition) is 2. The first-order valence-corrected chi connectivity index (χ1v) is 11.9. The molecule has 1 unspecified atom stereocenters. The van der Waals surface area contributed by atoms with Gasteiger partial charge in [-0.2, -0.15) is 0 Å². The van der Waals surface area contributed by atoms with Crippen molar-refractivity contribution in [1.29, 1.82) is 0 Å². The maximum Gasteiger partial charge on any atom is 0.261 e. The minimum absolute atomic E-state index is 0.162. The van der Waals surface area contributed by atoms with Crippen LogP contribution in [0.15, 0.2) is 71.6 Å². The molecular formula is C25H28N2O4S. The average Bonchev–Trinajstić information content (AvgIpc) is 2.79. The van der Waals surface area contributed by atoms with Crippen LogP contribution < -0.4 is 14.8 Å². The van der Waals surface area contributed by atoms with Crippen LogP contribution in [0.25, 0.3) is 0 Å². The fourth-order valence-corrected chi connectivity index (χ4v) is 4.60. The molecular weight excluding hydrogens is 424 g/mol. The minimum Gasteiger partial charge on any atom is -0.496 e. The van der Waals surface area contributed by atoms with Crippen molar-refractivity contribution in [3.8, 4) is 5.75 Å². The van der Waals surface area contributed by atoms with Crippen LogP contribution in [0.1, 0.15) is 46.4 Å². The fraction of sp³-hybridized carbons (Fsp3) is 0.240. The number of anilines is 1. The third-order valence-electron chi connectivity index (χ3n) is 5.33. The molecule has 0 heterocycles. The molecule has 0 aliphatic rings. The average molecular weight is 453 g/mol. The zero-order valence-corrected chi connectivity index (χ0v) is 19.5. The molecule has 0 spiro atoms. The number of rotatable bonds is 8. The Bertz CT molecular complexity index is 1210. The number of carbonyl (C=O) groups excluding carboxylic acids is 1. The maximum absolute atomic E-state index is 13.0. The predicted octanol–water partition coefficient (Wildman–Crippen LogP) is 4.99. The Labute approximate surface area is 189 Å². The molecule has 3 aromatic rings. The Morgan fingerprint density at radius 3 is 2.31 bits per heavy atom. The lowest BCUT2D eigenvalue weighted by atomic mass is 10.0. The maximum atomic E-state index is 13.0. The molecule has 32 heavy (non-hydrogen) atoms. The van der Waals surface area contributed by atoms with Crippen LogP contribution >= 0.6 is 0 Å². The fourth-order valence-electron chi connectivity index (χ4n) is 3.46. The van der Waals surface area contributed by atoms with Gasteiger partial charge in [-0.3, -0.25) is 9.52 Å². The van der Waals surface area contributed by atoms with E-state index in [1.54, 1.807) is 50.4 Å². The summed E-state index contributed by atoms with van der Waals surface area (Å²) in [6, 6.07) is 18.8. The van der Waals surface area contributed by atoms with E-state index in [0.29, 0.717) is 17.7 Å². The van der Waals surface area contributed by atoms with Crippen molar-refractivity contribution in [2.45, 2.75) is 38.1 Å². The van der Waals surface area contributed by atoms with E-state index in [1.165, 1.54) is 12.1 Å². The molecule has 0 radical (unpaired) electrons. The topological polar surface area (TPSA) is 84.5 Å². The smallest absolute Gasteiger partial charge is 0.261 e. The molecule has 0 fully saturated rings. The van der Waals surface area contributed by atoms with Gasteiger partial charge in [-0.15, -0.1) is 0 Å². The third kappa shape index (κ3) is 5.29. The summed E-state index contributed by atoms with van der Waals surface area (Å²) >= 11 is 0. The molecule has 0 bridgehead atoms. The molecule has 0 saturated carbocycles. The van der Waals surface area contributed by atoms with Gasteiger partial charge in [-0.05, 0) is 67.3 Å². The number of sulfonamides is 1. The largest absolute Gasteiger partial charge is 0.496 e. The highest BCUT2D eigenvalue weighted by molar-refractivity contribution is 7.92. The Morgan fingerprint density at radius 1 is 0.969 bits per heavy atom. The van der Waals surface area contributed by atoms with Gasteiger partial charge < -0.3 is 10.1 Å². The van der Waals surface area contributed by atoms with Gasteiger partial charge in [0.05, 0.1) is 23.7 Å². The number of amides is 1. The number of ether oxygens (including phenoxy) is 1. The minimum atomic E-state index is -3.75. The normalized spacial score (nSPS) is 12.1. The Kier molecular flexibility index (Phi) is 7.20. The van der Waals surface area contributed by atoms with E-state index in [1.807, 2.05) is 32.0 Å². The van der Waals surface area contributed by atoms with Crippen LogP contribution in [0.3, 0.4) is 0 Å². The highest BCUT2D eigenvalue weighted by Gasteiger charge is 2.18. The summed E-state index contributed by atoms with van der Waals surface area (Å²) in [6.45, 7) is 5.75. The molecule has 7 heteroatoms. The molecule has 168 valence electrons. The number of methoxy groups -OCH3 is 1. The summed E-state index contributed by atoms with van der Waals surface area (Å²) in [5, 5.41) is 3.05. The van der Waals surface area contributed by atoms with Gasteiger partial charge in [-0.25, -0.2) is 8.42 Å². The van der Waals surface area contributed by atoms with E-state index in [4.69, 9.17) is 4.74 Å². The van der Waals surface area contributed by atoms with Crippen molar-refractivity contribution in [2.75, 3.05) is 11.8 Å². The van der Waals surface area contributed by atoms with Crippen LogP contribution in [-0.2, 0) is 10.0 Å². The first kappa shape index (κ1) is 23.3. The molecule has 3 aromatic carbocycles. The van der Waals surface area contributed by atoms with Crippen LogP contribution in [0.4, 0.5) is 5.69 Å². The number of aryl methyl sites for hydroxylation is 2. The van der Waals surface area contributed by atoms with Crippen molar-refractivity contribution >= 4 is 21.6 Å². The lowest BCUT2D eigenvalue weighted by Gasteiger charge is -2.19.